The van der Waals surface area contributed by atoms with E-state index in [1.807, 2.05) is 100 Å². The Morgan fingerprint density at radius 1 is 0.684 bits per heavy atom. The zero-order valence-electron chi connectivity index (χ0n) is 48.4. The lowest BCUT2D eigenvalue weighted by Gasteiger charge is -2.26. The van der Waals surface area contributed by atoms with Gasteiger partial charge in [0.15, 0.2) is 65.6 Å². The number of nitrogens with zero attached hydrogens (tertiary/aromatic N) is 11. The van der Waals surface area contributed by atoms with Crippen molar-refractivity contribution in [3.63, 3.8) is 0 Å². The Labute approximate surface area is 467 Å². The minimum absolute atomic E-state index is 0.0891. The number of para-hydroxylation sites is 1. The van der Waals surface area contributed by atoms with E-state index in [0.717, 1.165) is 50.5 Å². The zero-order valence-corrected chi connectivity index (χ0v) is 48.4. The van der Waals surface area contributed by atoms with Crippen LogP contribution in [0.1, 0.15) is 33.3 Å². The maximum atomic E-state index is 7.04. The van der Waals surface area contributed by atoms with Crippen LogP contribution in [-0.4, -0.2) is 194 Å². The van der Waals surface area contributed by atoms with E-state index in [1.165, 1.54) is 11.9 Å². The van der Waals surface area contributed by atoms with Crippen LogP contribution in [0, 0.1) is 16.2 Å². The highest BCUT2D eigenvalue weighted by Gasteiger charge is 2.10. The molecule has 79 heavy (non-hydrogen) atoms. The normalized spacial score (nSPS) is 12.1. The van der Waals surface area contributed by atoms with Crippen LogP contribution in [0.3, 0.4) is 0 Å². The van der Waals surface area contributed by atoms with Crippen molar-refractivity contribution >= 4 is 71.2 Å². The maximum Gasteiger partial charge on any atom is 0.191 e. The van der Waals surface area contributed by atoms with Crippen molar-refractivity contribution < 1.29 is 4.74 Å². The SMILES string of the molecule is CC(C)N=C(N)N.CN(C)C(=N)N.CN1CCN=C1N.CN=C(N)N.CN=C(N)NC.CN=C(N)NC(C)C.N=C(N)N.N=C(N)N1CCOCC1.NC(N)=NCc1ccccc1.NC(N)=Nc1ccccc1.NC1=NCCN1. The summed E-state index contributed by atoms with van der Waals surface area (Å²) in [7, 11) is 11.9. The summed E-state index contributed by atoms with van der Waals surface area (Å²) < 4.78 is 5.06. The van der Waals surface area contributed by atoms with Crippen molar-refractivity contribution in [3.8, 4) is 0 Å². The molecule has 0 unspecified atom stereocenters. The smallest absolute Gasteiger partial charge is 0.191 e. The van der Waals surface area contributed by atoms with Gasteiger partial charge < -0.3 is 127 Å². The fourth-order valence-electron chi connectivity index (χ4n) is 3.96. The van der Waals surface area contributed by atoms with E-state index in [-0.39, 0.29) is 47.8 Å². The third-order valence-electron chi connectivity index (χ3n) is 7.78. The van der Waals surface area contributed by atoms with Gasteiger partial charge in [-0.15, -0.1) is 0 Å². The van der Waals surface area contributed by atoms with E-state index in [4.69, 9.17) is 101 Å². The molecule has 5 rings (SSSR count). The molecule has 0 bridgehead atoms. The summed E-state index contributed by atoms with van der Waals surface area (Å²) in [4.78, 5) is 35.1. The molecule has 1 fully saturated rings. The minimum atomic E-state index is -0.333. The lowest BCUT2D eigenvalue weighted by Crippen LogP contribution is -2.44. The first-order valence-electron chi connectivity index (χ1n) is 23.8. The Hall–Kier alpha value is -9.63. The number of hydrogen-bond donors (Lipinski definition) is 22. The summed E-state index contributed by atoms with van der Waals surface area (Å²) >= 11 is 0. The van der Waals surface area contributed by atoms with Gasteiger partial charge in [-0.05, 0) is 45.4 Å². The lowest BCUT2D eigenvalue weighted by atomic mass is 10.2. The molecule has 1 saturated heterocycles. The molecule has 3 heterocycles. The predicted octanol–water partition coefficient (Wildman–Crippen LogP) is -5.67. The largest absolute Gasteiger partial charge is 0.378 e. The monoisotopic (exact) mass is 1120 g/mol. The van der Waals surface area contributed by atoms with Crippen molar-refractivity contribution in [1.82, 2.24) is 30.7 Å². The van der Waals surface area contributed by atoms with Gasteiger partial charge >= 0.3 is 0 Å². The minimum Gasteiger partial charge on any atom is -0.378 e. The maximum absolute atomic E-state index is 7.04. The number of nitrogens with one attached hydrogen (secondary N) is 6. The van der Waals surface area contributed by atoms with Crippen LogP contribution in [0.25, 0.3) is 0 Å². The number of guanidine groups is 11. The molecule has 38 N–H and O–H groups in total. The molecule has 0 aromatic heterocycles. The van der Waals surface area contributed by atoms with Crippen molar-refractivity contribution in [2.75, 3.05) is 102 Å². The molecule has 0 radical (unpaired) electrons. The molecule has 0 atom stereocenters. The summed E-state index contributed by atoms with van der Waals surface area (Å²) in [6.45, 7) is 14.9. The molecule has 2 aromatic carbocycles. The summed E-state index contributed by atoms with van der Waals surface area (Å²) in [5.74, 6) is 2.64. The molecular formula is C45H101N33O. The van der Waals surface area contributed by atoms with Gasteiger partial charge in [-0.2, -0.15) is 0 Å². The highest BCUT2D eigenvalue weighted by molar-refractivity contribution is 5.80. The number of benzene rings is 2. The van der Waals surface area contributed by atoms with Gasteiger partial charge in [0.1, 0.15) is 0 Å². The van der Waals surface area contributed by atoms with Gasteiger partial charge in [0.05, 0.1) is 38.5 Å². The number of rotatable bonds is 5. The average Bonchev–Trinajstić information content (AvgIpc) is 4.03. The molecule has 3 aliphatic rings. The van der Waals surface area contributed by atoms with Gasteiger partial charge in [0.2, 0.25) is 0 Å². The average molecular weight is 1120 g/mol. The molecule has 2 aromatic rings. The zero-order chi connectivity index (χ0) is 62.3. The fourth-order valence-corrected chi connectivity index (χ4v) is 3.96. The third-order valence-corrected chi connectivity index (χ3v) is 7.78. The molecule has 34 heteroatoms. The van der Waals surface area contributed by atoms with E-state index in [0.29, 0.717) is 49.6 Å². The number of hydrogen-bond acceptors (Lipinski definition) is 16. The van der Waals surface area contributed by atoms with Gasteiger partial charge in [-0.25, -0.2) is 9.98 Å². The molecule has 3 aliphatic heterocycles. The van der Waals surface area contributed by atoms with Crippen LogP contribution < -0.4 is 108 Å². The van der Waals surface area contributed by atoms with E-state index in [9.17, 15) is 0 Å². The van der Waals surface area contributed by atoms with E-state index >= 15 is 0 Å². The quantitative estimate of drug-likeness (QED) is 0.0980. The summed E-state index contributed by atoms with van der Waals surface area (Å²) in [6.07, 6.45) is 0. The molecule has 452 valence electrons. The van der Waals surface area contributed by atoms with Gasteiger partial charge in [-0.1, -0.05) is 48.5 Å². The number of ether oxygens (including phenoxy) is 1. The Bertz CT molecular complexity index is 2060. The van der Waals surface area contributed by atoms with Crippen LogP contribution in [0.2, 0.25) is 0 Å². The van der Waals surface area contributed by atoms with E-state index < -0.39 is 0 Å². The summed E-state index contributed by atoms with van der Waals surface area (Å²) in [5, 5.41) is 28.2. The molecule has 0 amide bonds. The molecular weight excluding hydrogens is 1020 g/mol. The van der Waals surface area contributed by atoms with Gasteiger partial charge in [0.25, 0.3) is 0 Å². The Morgan fingerprint density at radius 3 is 1.35 bits per heavy atom. The highest BCUT2D eigenvalue weighted by Crippen LogP contribution is 2.08. The summed E-state index contributed by atoms with van der Waals surface area (Å²) in [5.41, 5.74) is 82.3. The molecule has 0 aliphatic carbocycles. The second kappa shape index (κ2) is 54.6. The Kier molecular flexibility index (Phi) is 55.8. The molecule has 34 nitrogen and oxygen atoms in total. The number of morpholine rings is 1. The van der Waals surface area contributed by atoms with Crippen LogP contribution in [0.4, 0.5) is 5.69 Å². The van der Waals surface area contributed by atoms with Crippen LogP contribution in [0.5, 0.6) is 0 Å². The summed E-state index contributed by atoms with van der Waals surface area (Å²) in [6, 6.07) is 19.7. The topological polar surface area (TPSA) is 642 Å². The van der Waals surface area contributed by atoms with Crippen LogP contribution in [0.15, 0.2) is 101 Å². The fraction of sp³-hybridized carbons (Fsp3) is 0.489. The molecule has 0 spiro atoms. The van der Waals surface area contributed by atoms with Crippen LogP contribution >= 0.6 is 0 Å². The second-order valence-electron chi connectivity index (χ2n) is 15.7. The number of nitrogens with two attached hydrogens (primary N) is 16. The van der Waals surface area contributed by atoms with Gasteiger partial charge in [-0.3, -0.25) is 46.2 Å². The van der Waals surface area contributed by atoms with E-state index in [2.05, 4.69) is 67.4 Å². The first-order valence-corrected chi connectivity index (χ1v) is 23.8. The predicted molar refractivity (Wildman–Crippen MR) is 333 cm³/mol. The Morgan fingerprint density at radius 2 is 1.15 bits per heavy atom. The molecule has 0 saturated carbocycles. The first kappa shape index (κ1) is 80.7. The second-order valence-corrected chi connectivity index (χ2v) is 15.7. The number of aliphatic imine (C=N–C) groups is 8. The van der Waals surface area contributed by atoms with Crippen molar-refractivity contribution in [1.29, 1.82) is 16.2 Å². The lowest BCUT2D eigenvalue weighted by molar-refractivity contribution is 0.0672. The highest BCUT2D eigenvalue weighted by atomic mass is 16.5. The third kappa shape index (κ3) is 72.7. The van der Waals surface area contributed by atoms with Crippen molar-refractivity contribution in [2.24, 2.45) is 132 Å². The first-order chi connectivity index (χ1) is 36.8. The van der Waals surface area contributed by atoms with Crippen molar-refractivity contribution in [2.45, 2.75) is 46.3 Å². The van der Waals surface area contributed by atoms with Gasteiger partial charge in [0, 0.05) is 87.6 Å². The Balaban J connectivity index is -0.000000188. The number of likely N-dealkylation sites (N-methyl/N-ethyl adjacent to an activating group) is 1. The van der Waals surface area contributed by atoms with Crippen molar-refractivity contribution in [3.05, 3.63) is 66.2 Å². The van der Waals surface area contributed by atoms with E-state index in [1.54, 1.807) is 40.1 Å². The van der Waals surface area contributed by atoms with Crippen LogP contribution in [-0.2, 0) is 11.3 Å². The standard InChI is InChI=1S/C8H11N3.C7H9N3.C5H11N3O.C5H13N3.C4H9N3.C4H11N3.C3H7N3.2C3H9N3.C2H7N3.CH5N3/c9-8(10)11-6-7-4-2-1-3-5-7;8-7(9)10-6-4-2-1-3-5-6;6-5(7)8-1-3-9-4-2-8;1-4(2)8-5(6)7-3;1-7-3-2-6-4(7)5;1-3(2)7-4(5)6;4-3-5-1-2-6-3;1-6(2)3(4)5;1-5-3(4)6-2;1-5-2(3)4;2-1(3)4/h1-5H,6H2,(H4,9,10,11);1-5H,(H4,8,9,10);1-4H2,(H3,6,7);4H,1-3H3,(H3,6,7,8);2-3H2,1H3,(H2,5,6);3H,1-2H3,(H4,5,6,7);1-2H2,(H3,4,5,6);1-2H3,(H3,4,5);1-2H3,(H3,4,5,6);1H3,(H4,3,4,5);(H5,2,3,4).